The molecule has 18 heavy (non-hydrogen) atoms. The smallest absolute Gasteiger partial charge is 0.329 e. The van der Waals surface area contributed by atoms with Crippen LogP contribution in [0.2, 0.25) is 0 Å². The van der Waals surface area contributed by atoms with Gasteiger partial charge in [0.15, 0.2) is 0 Å². The normalized spacial score (nSPS) is 13.7. The van der Waals surface area contributed by atoms with E-state index >= 15 is 0 Å². The average molecular weight is 272 g/mol. The molecule has 100 valence electrons. The Morgan fingerprint density at radius 2 is 2.06 bits per heavy atom. The molecule has 0 aliphatic rings. The van der Waals surface area contributed by atoms with Crippen LogP contribution in [0.25, 0.3) is 0 Å². The van der Waals surface area contributed by atoms with Crippen molar-refractivity contribution >= 4 is 28.5 Å². The van der Waals surface area contributed by atoms with Crippen molar-refractivity contribution in [2.24, 2.45) is 0 Å². The molecule has 0 aromatic carbocycles. The summed E-state index contributed by atoms with van der Waals surface area (Å²) < 4.78 is 0. The van der Waals surface area contributed by atoms with Gasteiger partial charge in [0.05, 0.1) is 0 Å². The van der Waals surface area contributed by atoms with Crippen molar-refractivity contribution in [2.45, 2.75) is 39.2 Å². The lowest BCUT2D eigenvalue weighted by atomic mass is 10.00. The molecule has 1 atom stereocenters. The zero-order valence-electron chi connectivity index (χ0n) is 10.5. The molecule has 1 rings (SSSR count). The molecule has 0 spiro atoms. The summed E-state index contributed by atoms with van der Waals surface area (Å²) in [6.45, 7) is 5.07. The molecular weight excluding hydrogens is 256 g/mol. The molecule has 0 saturated heterocycles. The number of carbonyl (C=O) groups is 2. The number of nitrogens with one attached hydrogen (secondary N) is 2. The van der Waals surface area contributed by atoms with Crippen molar-refractivity contribution in [1.29, 1.82) is 0 Å². The summed E-state index contributed by atoms with van der Waals surface area (Å²) in [7, 11) is 0. The minimum atomic E-state index is -1.29. The molecular formula is C10H16N4O3S. The number of rotatable bonds is 5. The molecule has 0 aliphatic carbocycles. The number of carboxylic acids is 1. The van der Waals surface area contributed by atoms with Gasteiger partial charge in [-0.1, -0.05) is 25.2 Å². The standard InChI is InChI=1S/C10H16N4O3S/c1-4-6-13-14-9(18-6)11-8(17)12-10(3,5-2)7(15)16/h4-5H2,1-3H3,(H,15,16)(H2,11,12,14,17). The maximum absolute atomic E-state index is 11.6. The largest absolute Gasteiger partial charge is 0.480 e. The first-order valence-electron chi connectivity index (χ1n) is 5.56. The first kappa shape index (κ1) is 14.4. The molecule has 1 heterocycles. The van der Waals surface area contributed by atoms with E-state index in [1.807, 2.05) is 6.92 Å². The molecule has 0 radical (unpaired) electrons. The van der Waals surface area contributed by atoms with Crippen molar-refractivity contribution in [3.05, 3.63) is 5.01 Å². The number of aromatic nitrogens is 2. The first-order chi connectivity index (χ1) is 8.41. The van der Waals surface area contributed by atoms with Gasteiger partial charge in [-0.15, -0.1) is 10.2 Å². The van der Waals surface area contributed by atoms with Crippen LogP contribution in [0.1, 0.15) is 32.2 Å². The fraction of sp³-hybridized carbons (Fsp3) is 0.600. The Morgan fingerprint density at radius 3 is 2.50 bits per heavy atom. The second-order valence-electron chi connectivity index (χ2n) is 3.92. The second kappa shape index (κ2) is 5.76. The molecule has 0 aliphatic heterocycles. The summed E-state index contributed by atoms with van der Waals surface area (Å²) in [4.78, 5) is 22.7. The summed E-state index contributed by atoms with van der Waals surface area (Å²) in [5, 5.41) is 22.7. The number of urea groups is 1. The second-order valence-corrected chi connectivity index (χ2v) is 4.99. The van der Waals surface area contributed by atoms with Crippen LogP contribution in [0.4, 0.5) is 9.93 Å². The summed E-state index contributed by atoms with van der Waals surface area (Å²) in [6, 6.07) is -0.597. The Bertz CT molecular complexity index is 448. The summed E-state index contributed by atoms with van der Waals surface area (Å²) >= 11 is 1.26. The molecule has 1 aromatic heterocycles. The molecule has 8 heteroatoms. The minimum Gasteiger partial charge on any atom is -0.480 e. The quantitative estimate of drug-likeness (QED) is 0.753. The van der Waals surface area contributed by atoms with Crippen LogP contribution < -0.4 is 10.6 Å². The predicted molar refractivity (Wildman–Crippen MR) is 67.8 cm³/mol. The van der Waals surface area contributed by atoms with Crippen LogP contribution in [0, 0.1) is 0 Å². The van der Waals surface area contributed by atoms with Gasteiger partial charge in [-0.2, -0.15) is 0 Å². The molecule has 7 nitrogen and oxygen atoms in total. The molecule has 3 N–H and O–H groups in total. The topological polar surface area (TPSA) is 104 Å². The van der Waals surface area contributed by atoms with Gasteiger partial charge in [0.2, 0.25) is 5.13 Å². The van der Waals surface area contributed by atoms with Crippen LogP contribution in [0.5, 0.6) is 0 Å². The SMILES string of the molecule is CCc1nnc(NC(=O)NC(C)(CC)C(=O)O)s1. The number of carbonyl (C=O) groups excluding carboxylic acids is 1. The number of hydrogen-bond donors (Lipinski definition) is 3. The van der Waals surface area contributed by atoms with E-state index in [-0.39, 0.29) is 6.42 Å². The van der Waals surface area contributed by atoms with Crippen molar-refractivity contribution in [3.8, 4) is 0 Å². The third-order valence-electron chi connectivity index (χ3n) is 2.56. The zero-order valence-corrected chi connectivity index (χ0v) is 11.3. The molecule has 2 amide bonds. The van der Waals surface area contributed by atoms with Crippen molar-refractivity contribution in [1.82, 2.24) is 15.5 Å². The van der Waals surface area contributed by atoms with Crippen molar-refractivity contribution in [3.63, 3.8) is 0 Å². The lowest BCUT2D eigenvalue weighted by Crippen LogP contribution is -2.53. The highest BCUT2D eigenvalue weighted by Gasteiger charge is 2.32. The number of anilines is 1. The van der Waals surface area contributed by atoms with E-state index in [1.54, 1.807) is 6.92 Å². The molecule has 1 unspecified atom stereocenters. The van der Waals surface area contributed by atoms with E-state index in [1.165, 1.54) is 18.3 Å². The number of aliphatic carboxylic acids is 1. The van der Waals surface area contributed by atoms with Crippen molar-refractivity contribution < 1.29 is 14.7 Å². The lowest BCUT2D eigenvalue weighted by molar-refractivity contribution is -0.143. The Labute approximate surface area is 109 Å². The van der Waals surface area contributed by atoms with Crippen LogP contribution in [-0.4, -0.2) is 32.8 Å². The Hall–Kier alpha value is -1.70. The third-order valence-corrected chi connectivity index (χ3v) is 3.54. The summed E-state index contributed by atoms with van der Waals surface area (Å²) in [5.74, 6) is -1.08. The Morgan fingerprint density at radius 1 is 1.39 bits per heavy atom. The van der Waals surface area contributed by atoms with Crippen molar-refractivity contribution in [2.75, 3.05) is 5.32 Å². The van der Waals surface area contributed by atoms with Crippen LogP contribution in [0.15, 0.2) is 0 Å². The number of aryl methyl sites for hydroxylation is 1. The van der Waals surface area contributed by atoms with Gasteiger partial charge >= 0.3 is 12.0 Å². The molecule has 0 bridgehead atoms. The van der Waals surface area contributed by atoms with Gasteiger partial charge in [-0.05, 0) is 19.8 Å². The molecule has 0 saturated carbocycles. The number of carboxylic acid groups (broad SMARTS) is 1. The minimum absolute atomic E-state index is 0.284. The Kier molecular flexibility index (Phi) is 4.60. The molecule has 1 aromatic rings. The predicted octanol–water partition coefficient (Wildman–Crippen LogP) is 1.48. The number of hydrogen-bond acceptors (Lipinski definition) is 5. The van der Waals surface area contributed by atoms with E-state index in [2.05, 4.69) is 20.8 Å². The van der Waals surface area contributed by atoms with Gasteiger partial charge < -0.3 is 10.4 Å². The van der Waals surface area contributed by atoms with Crippen LogP contribution >= 0.6 is 11.3 Å². The fourth-order valence-corrected chi connectivity index (χ4v) is 1.79. The van der Waals surface area contributed by atoms with Gasteiger partial charge in [-0.3, -0.25) is 5.32 Å². The Balaban J connectivity index is 2.63. The van der Waals surface area contributed by atoms with E-state index < -0.39 is 17.5 Å². The van der Waals surface area contributed by atoms with Crippen LogP contribution in [0.3, 0.4) is 0 Å². The number of nitrogens with zero attached hydrogens (tertiary/aromatic N) is 2. The maximum atomic E-state index is 11.6. The summed E-state index contributed by atoms with van der Waals surface area (Å²) in [6.07, 6.45) is 1.02. The fourth-order valence-electron chi connectivity index (χ4n) is 1.12. The highest BCUT2D eigenvalue weighted by Crippen LogP contribution is 2.16. The number of amides is 2. The van der Waals surface area contributed by atoms with E-state index in [9.17, 15) is 9.59 Å². The van der Waals surface area contributed by atoms with E-state index in [0.29, 0.717) is 5.13 Å². The molecule has 0 fully saturated rings. The highest BCUT2D eigenvalue weighted by molar-refractivity contribution is 7.15. The van der Waals surface area contributed by atoms with Gasteiger partial charge in [0.1, 0.15) is 10.5 Å². The average Bonchev–Trinajstić information content (AvgIpc) is 2.76. The maximum Gasteiger partial charge on any atom is 0.329 e. The third kappa shape index (κ3) is 3.39. The first-order valence-corrected chi connectivity index (χ1v) is 6.38. The van der Waals surface area contributed by atoms with E-state index in [4.69, 9.17) is 5.11 Å². The van der Waals surface area contributed by atoms with Crippen LogP contribution in [-0.2, 0) is 11.2 Å². The highest BCUT2D eigenvalue weighted by atomic mass is 32.1. The lowest BCUT2D eigenvalue weighted by Gasteiger charge is -2.24. The van der Waals surface area contributed by atoms with Gasteiger partial charge in [-0.25, -0.2) is 9.59 Å². The monoisotopic (exact) mass is 272 g/mol. The van der Waals surface area contributed by atoms with Gasteiger partial charge in [0, 0.05) is 0 Å². The van der Waals surface area contributed by atoms with E-state index in [0.717, 1.165) is 11.4 Å². The summed E-state index contributed by atoms with van der Waals surface area (Å²) in [5.41, 5.74) is -1.29. The zero-order chi connectivity index (χ0) is 13.8. The van der Waals surface area contributed by atoms with Gasteiger partial charge in [0.25, 0.3) is 0 Å².